The number of anilines is 1. The molecule has 0 amide bonds. The fourth-order valence-electron chi connectivity index (χ4n) is 1.90. The van der Waals surface area contributed by atoms with Crippen LogP contribution in [0.5, 0.6) is 0 Å². The van der Waals surface area contributed by atoms with Crippen molar-refractivity contribution in [2.45, 2.75) is 25.4 Å². The Kier molecular flexibility index (Phi) is 3.38. The van der Waals surface area contributed by atoms with Crippen molar-refractivity contribution < 1.29 is 5.11 Å². The highest BCUT2D eigenvalue weighted by Crippen LogP contribution is 2.25. The molecule has 0 bridgehead atoms. The highest BCUT2D eigenvalue weighted by atomic mass is 35.5. The maximum absolute atomic E-state index is 9.61. The molecule has 0 saturated heterocycles. The third-order valence-corrected chi connectivity index (χ3v) is 3.00. The van der Waals surface area contributed by atoms with Gasteiger partial charge in [0, 0.05) is 12.5 Å². The lowest BCUT2D eigenvalue weighted by atomic mass is 10.1. The number of hydrogen-bond acceptors (Lipinski definition) is 4. The van der Waals surface area contributed by atoms with E-state index in [1.54, 1.807) is 12.1 Å². The highest BCUT2D eigenvalue weighted by molar-refractivity contribution is 6.29. The zero-order valence-electron chi connectivity index (χ0n) is 8.36. The van der Waals surface area contributed by atoms with Crippen LogP contribution in [-0.4, -0.2) is 28.0 Å². The number of aliphatic hydroxyl groups is 1. The Hall–Kier alpha value is -0.870. The number of aromatic nitrogens is 2. The number of aliphatic hydroxyl groups excluding tert-OH is 1. The van der Waals surface area contributed by atoms with E-state index in [0.29, 0.717) is 16.9 Å². The van der Waals surface area contributed by atoms with Crippen molar-refractivity contribution in [1.29, 1.82) is 0 Å². The second kappa shape index (κ2) is 4.77. The molecule has 1 aliphatic rings. The predicted octanol–water partition coefficient (Wildman–Crippen LogP) is 1.70. The van der Waals surface area contributed by atoms with E-state index in [9.17, 15) is 5.11 Å². The summed E-state index contributed by atoms with van der Waals surface area (Å²) in [5, 5.41) is 20.8. The van der Waals surface area contributed by atoms with Crippen LogP contribution >= 0.6 is 11.6 Å². The van der Waals surface area contributed by atoms with Crippen molar-refractivity contribution in [3.05, 3.63) is 17.3 Å². The van der Waals surface area contributed by atoms with Gasteiger partial charge in [-0.1, -0.05) is 18.0 Å². The molecule has 1 aromatic rings. The Labute approximate surface area is 93.7 Å². The van der Waals surface area contributed by atoms with Crippen LogP contribution in [0.25, 0.3) is 0 Å². The Morgan fingerprint density at radius 1 is 1.40 bits per heavy atom. The fraction of sp³-hybridized carbons (Fsp3) is 0.600. The Morgan fingerprint density at radius 2 is 2.27 bits per heavy atom. The summed E-state index contributed by atoms with van der Waals surface area (Å²) in [6, 6.07) is 3.48. The monoisotopic (exact) mass is 227 g/mol. The normalized spacial score (nSPS) is 25.5. The van der Waals surface area contributed by atoms with Gasteiger partial charge in [-0.2, -0.15) is 0 Å². The van der Waals surface area contributed by atoms with Crippen molar-refractivity contribution >= 4 is 17.4 Å². The average Bonchev–Trinajstić information content (AvgIpc) is 2.63. The van der Waals surface area contributed by atoms with Gasteiger partial charge in [-0.3, -0.25) is 0 Å². The average molecular weight is 228 g/mol. The van der Waals surface area contributed by atoms with Gasteiger partial charge >= 0.3 is 0 Å². The van der Waals surface area contributed by atoms with E-state index in [2.05, 4.69) is 15.5 Å². The topological polar surface area (TPSA) is 58.0 Å². The van der Waals surface area contributed by atoms with Crippen LogP contribution in [0, 0.1) is 5.92 Å². The van der Waals surface area contributed by atoms with Crippen LogP contribution in [0.4, 0.5) is 5.82 Å². The van der Waals surface area contributed by atoms with E-state index >= 15 is 0 Å². The van der Waals surface area contributed by atoms with Crippen LogP contribution in [-0.2, 0) is 0 Å². The summed E-state index contributed by atoms with van der Waals surface area (Å²) in [5.74, 6) is 1.04. The van der Waals surface area contributed by atoms with Crippen LogP contribution in [0.3, 0.4) is 0 Å². The van der Waals surface area contributed by atoms with Crippen molar-refractivity contribution in [3.63, 3.8) is 0 Å². The van der Waals surface area contributed by atoms with E-state index in [1.807, 2.05) is 0 Å². The van der Waals surface area contributed by atoms with E-state index in [4.69, 9.17) is 11.6 Å². The fourth-order valence-corrected chi connectivity index (χ4v) is 2.00. The molecule has 2 unspecified atom stereocenters. The first-order chi connectivity index (χ1) is 7.25. The number of nitrogens with zero attached hydrogens (tertiary/aromatic N) is 2. The molecule has 5 heteroatoms. The van der Waals surface area contributed by atoms with Crippen molar-refractivity contribution in [2.24, 2.45) is 5.92 Å². The van der Waals surface area contributed by atoms with Gasteiger partial charge in [0.25, 0.3) is 0 Å². The first kappa shape index (κ1) is 10.6. The summed E-state index contributed by atoms with van der Waals surface area (Å²) in [4.78, 5) is 0. The van der Waals surface area contributed by atoms with Gasteiger partial charge in [0.05, 0.1) is 6.10 Å². The van der Waals surface area contributed by atoms with Gasteiger partial charge in [0.1, 0.15) is 5.82 Å². The zero-order chi connectivity index (χ0) is 10.7. The minimum atomic E-state index is -0.169. The number of halogens is 1. The third-order valence-electron chi connectivity index (χ3n) is 2.80. The standard InChI is InChI=1S/C10H14ClN3O/c11-9-4-5-10(14-13-9)12-6-7-2-1-3-8(7)15/h4-5,7-8,15H,1-3,6H2,(H,12,14). The number of hydrogen-bond donors (Lipinski definition) is 2. The molecule has 2 N–H and O–H groups in total. The summed E-state index contributed by atoms with van der Waals surface area (Å²) in [6.45, 7) is 0.747. The van der Waals surface area contributed by atoms with Gasteiger partial charge in [-0.05, 0) is 25.0 Å². The summed E-state index contributed by atoms with van der Waals surface area (Å²) >= 11 is 5.62. The van der Waals surface area contributed by atoms with Crippen molar-refractivity contribution in [1.82, 2.24) is 10.2 Å². The van der Waals surface area contributed by atoms with Crippen molar-refractivity contribution in [2.75, 3.05) is 11.9 Å². The van der Waals surface area contributed by atoms with E-state index in [1.165, 1.54) is 0 Å². The van der Waals surface area contributed by atoms with Gasteiger partial charge in [0.15, 0.2) is 5.15 Å². The quantitative estimate of drug-likeness (QED) is 0.826. The van der Waals surface area contributed by atoms with E-state index < -0.39 is 0 Å². The lowest BCUT2D eigenvalue weighted by Gasteiger charge is -2.14. The summed E-state index contributed by atoms with van der Waals surface area (Å²) in [5.41, 5.74) is 0. The third kappa shape index (κ3) is 2.79. The Balaban J connectivity index is 1.85. The minimum absolute atomic E-state index is 0.169. The second-order valence-corrected chi connectivity index (χ2v) is 4.27. The molecular weight excluding hydrogens is 214 g/mol. The SMILES string of the molecule is OC1CCCC1CNc1ccc(Cl)nn1. The molecule has 82 valence electrons. The maximum atomic E-state index is 9.61. The van der Waals surface area contributed by atoms with Gasteiger partial charge < -0.3 is 10.4 Å². The first-order valence-electron chi connectivity index (χ1n) is 5.17. The number of rotatable bonds is 3. The van der Waals surface area contributed by atoms with Crippen molar-refractivity contribution in [3.8, 4) is 0 Å². The Morgan fingerprint density at radius 3 is 2.87 bits per heavy atom. The van der Waals surface area contributed by atoms with Gasteiger partial charge in [-0.25, -0.2) is 0 Å². The molecule has 0 aromatic carbocycles. The summed E-state index contributed by atoms with van der Waals surface area (Å²) < 4.78 is 0. The van der Waals surface area contributed by atoms with E-state index in [-0.39, 0.29) is 6.10 Å². The molecule has 1 aromatic heterocycles. The highest BCUT2D eigenvalue weighted by Gasteiger charge is 2.24. The molecule has 0 aliphatic heterocycles. The smallest absolute Gasteiger partial charge is 0.151 e. The molecule has 1 saturated carbocycles. The maximum Gasteiger partial charge on any atom is 0.151 e. The molecule has 15 heavy (non-hydrogen) atoms. The van der Waals surface area contributed by atoms with E-state index in [0.717, 1.165) is 25.8 Å². The molecule has 1 fully saturated rings. The van der Waals surface area contributed by atoms with Gasteiger partial charge in [0.2, 0.25) is 0 Å². The summed E-state index contributed by atoms with van der Waals surface area (Å²) in [6.07, 6.45) is 2.94. The van der Waals surface area contributed by atoms with Crippen LogP contribution < -0.4 is 5.32 Å². The van der Waals surface area contributed by atoms with Crippen LogP contribution in [0.15, 0.2) is 12.1 Å². The predicted molar refractivity (Wildman–Crippen MR) is 58.9 cm³/mol. The molecular formula is C10H14ClN3O. The molecule has 2 rings (SSSR count). The van der Waals surface area contributed by atoms with Gasteiger partial charge in [-0.15, -0.1) is 10.2 Å². The first-order valence-corrected chi connectivity index (χ1v) is 5.54. The molecule has 0 spiro atoms. The molecule has 1 heterocycles. The molecule has 2 atom stereocenters. The largest absolute Gasteiger partial charge is 0.393 e. The zero-order valence-corrected chi connectivity index (χ0v) is 9.11. The molecule has 0 radical (unpaired) electrons. The van der Waals surface area contributed by atoms with Crippen LogP contribution in [0.2, 0.25) is 5.15 Å². The minimum Gasteiger partial charge on any atom is -0.393 e. The lowest BCUT2D eigenvalue weighted by Crippen LogP contribution is -2.22. The number of nitrogens with one attached hydrogen (secondary N) is 1. The second-order valence-electron chi connectivity index (χ2n) is 3.88. The molecule has 1 aliphatic carbocycles. The Bertz CT molecular complexity index is 317. The lowest BCUT2D eigenvalue weighted by molar-refractivity contribution is 0.138. The summed E-state index contributed by atoms with van der Waals surface area (Å²) in [7, 11) is 0. The molecule has 4 nitrogen and oxygen atoms in total. The van der Waals surface area contributed by atoms with Crippen LogP contribution in [0.1, 0.15) is 19.3 Å².